The fraction of sp³-hybridized carbons (Fsp3) is 0.357. The minimum absolute atomic E-state index is 0.297. The first-order valence-electron chi connectivity index (χ1n) is 6.63. The Bertz CT molecular complexity index is 690. The van der Waals surface area contributed by atoms with Crippen LogP contribution in [-0.2, 0) is 23.5 Å². The van der Waals surface area contributed by atoms with Crippen LogP contribution in [0.15, 0.2) is 41.6 Å². The van der Waals surface area contributed by atoms with Crippen molar-refractivity contribution in [1.29, 1.82) is 0 Å². The molecule has 2 rings (SSSR count). The molecule has 114 valence electrons. The maximum Gasteiger partial charge on any atom is 0.242 e. The number of rotatable bonds is 6. The molecule has 0 radical (unpaired) electrons. The predicted molar refractivity (Wildman–Crippen MR) is 82.7 cm³/mol. The lowest BCUT2D eigenvalue weighted by molar-refractivity contribution is 0.521. The van der Waals surface area contributed by atoms with Crippen molar-refractivity contribution in [3.63, 3.8) is 0 Å². The van der Waals surface area contributed by atoms with Crippen LogP contribution in [0.5, 0.6) is 0 Å². The van der Waals surface area contributed by atoms with E-state index >= 15 is 0 Å². The number of anilines is 1. The third-order valence-electron chi connectivity index (χ3n) is 3.13. The number of hydrogen-bond donors (Lipinski definition) is 1. The van der Waals surface area contributed by atoms with Gasteiger partial charge in [0.1, 0.15) is 0 Å². The molecule has 0 atom stereocenters. The van der Waals surface area contributed by atoms with Crippen molar-refractivity contribution in [2.45, 2.75) is 11.3 Å². The van der Waals surface area contributed by atoms with Crippen molar-refractivity contribution in [2.75, 3.05) is 26.0 Å². The first-order valence-corrected chi connectivity index (χ1v) is 8.07. The van der Waals surface area contributed by atoms with Crippen LogP contribution in [0.25, 0.3) is 0 Å². The van der Waals surface area contributed by atoms with Crippen molar-refractivity contribution >= 4 is 15.7 Å². The molecule has 2 aromatic rings. The molecule has 0 saturated heterocycles. The standard InChI is InChI=1S/C14H20N4O2S/c1-17(2)21(19,20)14-6-4-13(5-7-14)15-9-8-12-10-16-18(3)11-12/h4-7,10-11,15H,8-9H2,1-3H3. The number of hydrogen-bond acceptors (Lipinski definition) is 4. The van der Waals surface area contributed by atoms with Crippen LogP contribution in [0, 0.1) is 0 Å². The Labute approximate surface area is 125 Å². The topological polar surface area (TPSA) is 67.2 Å². The van der Waals surface area contributed by atoms with Crippen molar-refractivity contribution in [3.8, 4) is 0 Å². The quantitative estimate of drug-likeness (QED) is 0.874. The maximum absolute atomic E-state index is 11.9. The van der Waals surface area contributed by atoms with E-state index in [-0.39, 0.29) is 0 Å². The minimum atomic E-state index is -3.36. The van der Waals surface area contributed by atoms with Gasteiger partial charge in [0, 0.05) is 39.6 Å². The lowest BCUT2D eigenvalue weighted by Gasteiger charge is -2.12. The fourth-order valence-corrected chi connectivity index (χ4v) is 2.81. The van der Waals surface area contributed by atoms with Crippen LogP contribution in [0.2, 0.25) is 0 Å². The van der Waals surface area contributed by atoms with Gasteiger partial charge in [0.05, 0.1) is 11.1 Å². The van der Waals surface area contributed by atoms with Crippen molar-refractivity contribution in [1.82, 2.24) is 14.1 Å². The van der Waals surface area contributed by atoms with E-state index in [1.807, 2.05) is 19.4 Å². The number of sulfonamides is 1. The highest BCUT2D eigenvalue weighted by atomic mass is 32.2. The summed E-state index contributed by atoms with van der Waals surface area (Å²) in [5, 5.41) is 7.38. The molecule has 0 aliphatic carbocycles. The molecule has 0 spiro atoms. The zero-order valence-corrected chi connectivity index (χ0v) is 13.3. The third kappa shape index (κ3) is 3.83. The fourth-order valence-electron chi connectivity index (χ4n) is 1.91. The second-order valence-electron chi connectivity index (χ2n) is 5.01. The number of nitrogens with one attached hydrogen (secondary N) is 1. The van der Waals surface area contributed by atoms with Crippen molar-refractivity contribution in [2.24, 2.45) is 7.05 Å². The van der Waals surface area contributed by atoms with Crippen LogP contribution in [0.4, 0.5) is 5.69 Å². The number of aryl methyl sites for hydroxylation is 1. The highest BCUT2D eigenvalue weighted by molar-refractivity contribution is 7.89. The molecule has 7 heteroatoms. The summed E-state index contributed by atoms with van der Waals surface area (Å²) in [5.74, 6) is 0. The lowest BCUT2D eigenvalue weighted by atomic mass is 10.2. The Balaban J connectivity index is 1.94. The second-order valence-corrected chi connectivity index (χ2v) is 7.16. The largest absolute Gasteiger partial charge is 0.385 e. The second kappa shape index (κ2) is 6.28. The minimum Gasteiger partial charge on any atom is -0.385 e. The Morgan fingerprint density at radius 3 is 2.43 bits per heavy atom. The summed E-state index contributed by atoms with van der Waals surface area (Å²) in [5.41, 5.74) is 2.06. The van der Waals surface area contributed by atoms with Gasteiger partial charge in [-0.15, -0.1) is 0 Å². The van der Waals surface area contributed by atoms with E-state index in [2.05, 4.69) is 10.4 Å². The predicted octanol–water partition coefficient (Wildman–Crippen LogP) is 1.32. The molecule has 0 aliphatic heterocycles. The average molecular weight is 308 g/mol. The Hall–Kier alpha value is -1.86. The zero-order valence-electron chi connectivity index (χ0n) is 12.4. The van der Waals surface area contributed by atoms with Crippen LogP contribution in [0.3, 0.4) is 0 Å². The van der Waals surface area contributed by atoms with E-state index in [4.69, 9.17) is 0 Å². The molecular weight excluding hydrogens is 288 g/mol. The molecule has 0 unspecified atom stereocenters. The summed E-state index contributed by atoms with van der Waals surface area (Å²) < 4.78 is 26.9. The van der Waals surface area contributed by atoms with Gasteiger partial charge in [0.25, 0.3) is 0 Å². The zero-order chi connectivity index (χ0) is 15.5. The number of nitrogens with zero attached hydrogens (tertiary/aromatic N) is 3. The summed E-state index contributed by atoms with van der Waals surface area (Å²) in [6, 6.07) is 6.78. The van der Waals surface area contributed by atoms with E-state index in [9.17, 15) is 8.42 Å². The van der Waals surface area contributed by atoms with Crippen LogP contribution < -0.4 is 5.32 Å². The molecule has 1 N–H and O–H groups in total. The molecule has 1 aromatic heterocycles. The molecular formula is C14H20N4O2S. The van der Waals surface area contributed by atoms with E-state index in [0.29, 0.717) is 4.90 Å². The summed E-state index contributed by atoms with van der Waals surface area (Å²) in [4.78, 5) is 0.297. The third-order valence-corrected chi connectivity index (χ3v) is 4.96. The molecule has 21 heavy (non-hydrogen) atoms. The summed E-state index contributed by atoms with van der Waals surface area (Å²) in [7, 11) is 1.58. The molecule has 0 fully saturated rings. The summed E-state index contributed by atoms with van der Waals surface area (Å²) >= 11 is 0. The van der Waals surface area contributed by atoms with E-state index < -0.39 is 10.0 Å². The molecule has 0 amide bonds. The van der Waals surface area contributed by atoms with Gasteiger partial charge in [-0.3, -0.25) is 4.68 Å². The SMILES string of the molecule is CN(C)S(=O)(=O)c1ccc(NCCc2cnn(C)c2)cc1. The molecule has 6 nitrogen and oxygen atoms in total. The Kier molecular flexibility index (Phi) is 4.64. The molecule has 0 bridgehead atoms. The highest BCUT2D eigenvalue weighted by Crippen LogP contribution is 2.16. The number of aromatic nitrogens is 2. The molecule has 0 saturated carbocycles. The highest BCUT2D eigenvalue weighted by Gasteiger charge is 2.16. The van der Waals surface area contributed by atoms with Gasteiger partial charge in [-0.25, -0.2) is 12.7 Å². The van der Waals surface area contributed by atoms with Gasteiger partial charge in [0.15, 0.2) is 0 Å². The first kappa shape index (κ1) is 15.5. The summed E-state index contributed by atoms with van der Waals surface area (Å²) in [6.07, 6.45) is 4.69. The van der Waals surface area contributed by atoms with Gasteiger partial charge in [-0.05, 0) is 36.2 Å². The van der Waals surface area contributed by atoms with Crippen molar-refractivity contribution in [3.05, 3.63) is 42.2 Å². The smallest absolute Gasteiger partial charge is 0.242 e. The number of benzene rings is 1. The first-order chi connectivity index (χ1) is 9.89. The van der Waals surface area contributed by atoms with E-state index in [0.717, 1.165) is 24.2 Å². The van der Waals surface area contributed by atoms with Gasteiger partial charge in [-0.2, -0.15) is 5.10 Å². The van der Waals surface area contributed by atoms with Gasteiger partial charge < -0.3 is 5.32 Å². The average Bonchev–Trinajstić information content (AvgIpc) is 2.85. The Morgan fingerprint density at radius 1 is 1.24 bits per heavy atom. The maximum atomic E-state index is 11.9. The van der Waals surface area contributed by atoms with Crippen molar-refractivity contribution < 1.29 is 8.42 Å². The van der Waals surface area contributed by atoms with Crippen LogP contribution >= 0.6 is 0 Å². The normalized spacial score (nSPS) is 11.8. The Morgan fingerprint density at radius 2 is 1.90 bits per heavy atom. The van der Waals surface area contributed by atoms with Gasteiger partial charge >= 0.3 is 0 Å². The monoisotopic (exact) mass is 308 g/mol. The lowest BCUT2D eigenvalue weighted by Crippen LogP contribution is -2.22. The van der Waals surface area contributed by atoms with Crippen LogP contribution in [-0.4, -0.2) is 43.1 Å². The van der Waals surface area contributed by atoms with Gasteiger partial charge in [0.2, 0.25) is 10.0 Å². The molecule has 1 heterocycles. The van der Waals surface area contributed by atoms with E-state index in [1.165, 1.54) is 18.4 Å². The van der Waals surface area contributed by atoms with Crippen LogP contribution in [0.1, 0.15) is 5.56 Å². The van der Waals surface area contributed by atoms with E-state index in [1.54, 1.807) is 28.9 Å². The molecule has 0 aliphatic rings. The molecule has 1 aromatic carbocycles. The summed E-state index contributed by atoms with van der Waals surface area (Å²) in [6.45, 7) is 0.769. The van der Waals surface area contributed by atoms with Gasteiger partial charge in [-0.1, -0.05) is 0 Å².